The lowest BCUT2D eigenvalue weighted by Crippen LogP contribution is -2.17. The Morgan fingerprint density at radius 3 is 2.83 bits per heavy atom. The van der Waals surface area contributed by atoms with Gasteiger partial charge in [0.1, 0.15) is 5.82 Å². The zero-order valence-electron chi connectivity index (χ0n) is 10.8. The van der Waals surface area contributed by atoms with Gasteiger partial charge in [-0.1, -0.05) is 19.8 Å². The average Bonchev–Trinajstić information content (AvgIpc) is 2.81. The number of methoxy groups -OCH3 is 1. The third-order valence-corrected chi connectivity index (χ3v) is 3.63. The third-order valence-electron chi connectivity index (χ3n) is 3.63. The number of carbonyl (C=O) groups is 1. The van der Waals surface area contributed by atoms with Gasteiger partial charge in [-0.2, -0.15) is 0 Å². The van der Waals surface area contributed by atoms with Gasteiger partial charge in [-0.15, -0.1) is 0 Å². The standard InChI is InChI=1S/C13H19N3O2/c1-9-4-3-5-10(9)6-15-12-8-14-11(7-16-12)13(17)18-2/h7-10H,3-6H2,1-2H3,(H,15,16). The summed E-state index contributed by atoms with van der Waals surface area (Å²) in [6.45, 7) is 3.22. The van der Waals surface area contributed by atoms with Crippen LogP contribution in [0.3, 0.4) is 0 Å². The highest BCUT2D eigenvalue weighted by atomic mass is 16.5. The van der Waals surface area contributed by atoms with Crippen LogP contribution in [0.1, 0.15) is 36.7 Å². The molecule has 0 saturated heterocycles. The van der Waals surface area contributed by atoms with Crippen molar-refractivity contribution in [2.45, 2.75) is 26.2 Å². The maximum absolute atomic E-state index is 11.2. The largest absolute Gasteiger partial charge is 0.464 e. The number of nitrogens with one attached hydrogen (secondary N) is 1. The first kappa shape index (κ1) is 12.8. The number of ether oxygens (including phenoxy) is 1. The van der Waals surface area contributed by atoms with Crippen molar-refractivity contribution in [2.24, 2.45) is 11.8 Å². The fourth-order valence-electron chi connectivity index (χ4n) is 2.39. The molecule has 1 aromatic heterocycles. The van der Waals surface area contributed by atoms with Crippen LogP contribution in [0.25, 0.3) is 0 Å². The summed E-state index contributed by atoms with van der Waals surface area (Å²) >= 11 is 0. The van der Waals surface area contributed by atoms with E-state index in [1.807, 2.05) is 0 Å². The van der Waals surface area contributed by atoms with Gasteiger partial charge >= 0.3 is 5.97 Å². The molecule has 98 valence electrons. The Balaban J connectivity index is 1.88. The fourth-order valence-corrected chi connectivity index (χ4v) is 2.39. The molecule has 0 radical (unpaired) electrons. The summed E-state index contributed by atoms with van der Waals surface area (Å²) < 4.78 is 4.57. The molecule has 2 rings (SSSR count). The van der Waals surface area contributed by atoms with Crippen molar-refractivity contribution in [1.29, 1.82) is 0 Å². The number of anilines is 1. The van der Waals surface area contributed by atoms with E-state index in [0.717, 1.165) is 12.5 Å². The van der Waals surface area contributed by atoms with Crippen molar-refractivity contribution in [3.05, 3.63) is 18.1 Å². The van der Waals surface area contributed by atoms with E-state index in [1.54, 1.807) is 6.20 Å². The van der Waals surface area contributed by atoms with Crippen LogP contribution >= 0.6 is 0 Å². The number of hydrogen-bond acceptors (Lipinski definition) is 5. The molecular formula is C13H19N3O2. The molecule has 5 heteroatoms. The Morgan fingerprint density at radius 2 is 2.28 bits per heavy atom. The van der Waals surface area contributed by atoms with Gasteiger partial charge in [0, 0.05) is 6.54 Å². The van der Waals surface area contributed by atoms with Gasteiger partial charge < -0.3 is 10.1 Å². The van der Waals surface area contributed by atoms with Crippen molar-refractivity contribution in [3.8, 4) is 0 Å². The van der Waals surface area contributed by atoms with Crippen molar-refractivity contribution < 1.29 is 9.53 Å². The minimum Gasteiger partial charge on any atom is -0.464 e. The second kappa shape index (κ2) is 5.80. The van der Waals surface area contributed by atoms with Crippen LogP contribution in [0.5, 0.6) is 0 Å². The Hall–Kier alpha value is -1.65. The molecule has 0 spiro atoms. The Bertz CT molecular complexity index is 405. The van der Waals surface area contributed by atoms with Gasteiger partial charge in [-0.25, -0.2) is 14.8 Å². The molecule has 1 aliphatic rings. The molecule has 1 aliphatic carbocycles. The Morgan fingerprint density at radius 1 is 1.44 bits per heavy atom. The molecular weight excluding hydrogens is 230 g/mol. The molecule has 5 nitrogen and oxygen atoms in total. The van der Waals surface area contributed by atoms with E-state index in [4.69, 9.17) is 0 Å². The van der Waals surface area contributed by atoms with Crippen molar-refractivity contribution >= 4 is 11.8 Å². The fraction of sp³-hybridized carbons (Fsp3) is 0.615. The first-order valence-corrected chi connectivity index (χ1v) is 6.35. The average molecular weight is 249 g/mol. The number of aromatic nitrogens is 2. The summed E-state index contributed by atoms with van der Waals surface area (Å²) in [6, 6.07) is 0. The molecule has 2 unspecified atom stereocenters. The molecule has 0 aromatic carbocycles. The van der Waals surface area contributed by atoms with Crippen LogP contribution in [0, 0.1) is 11.8 Å². The maximum atomic E-state index is 11.2. The highest BCUT2D eigenvalue weighted by Gasteiger charge is 2.22. The van der Waals surface area contributed by atoms with Crippen molar-refractivity contribution in [1.82, 2.24) is 9.97 Å². The quantitative estimate of drug-likeness (QED) is 0.828. The third kappa shape index (κ3) is 2.97. The van der Waals surface area contributed by atoms with E-state index < -0.39 is 5.97 Å². The van der Waals surface area contributed by atoms with Crippen LogP contribution in [-0.2, 0) is 4.74 Å². The highest BCUT2D eigenvalue weighted by molar-refractivity contribution is 5.86. The monoisotopic (exact) mass is 249 g/mol. The zero-order valence-corrected chi connectivity index (χ0v) is 10.8. The Labute approximate surface area is 107 Å². The highest BCUT2D eigenvalue weighted by Crippen LogP contribution is 2.30. The summed E-state index contributed by atoms with van der Waals surface area (Å²) in [7, 11) is 1.33. The van der Waals surface area contributed by atoms with E-state index in [1.165, 1.54) is 32.6 Å². The van der Waals surface area contributed by atoms with Gasteiger partial charge in [0.05, 0.1) is 19.5 Å². The summed E-state index contributed by atoms with van der Waals surface area (Å²) in [5, 5.41) is 3.28. The summed E-state index contributed by atoms with van der Waals surface area (Å²) in [5.41, 5.74) is 0.234. The van der Waals surface area contributed by atoms with Crippen LogP contribution in [0.4, 0.5) is 5.82 Å². The lowest BCUT2D eigenvalue weighted by Gasteiger charge is -2.15. The molecule has 1 fully saturated rings. The topological polar surface area (TPSA) is 64.1 Å². The lowest BCUT2D eigenvalue weighted by molar-refractivity contribution is 0.0593. The predicted molar refractivity (Wildman–Crippen MR) is 68.4 cm³/mol. The van der Waals surface area contributed by atoms with E-state index in [0.29, 0.717) is 11.7 Å². The van der Waals surface area contributed by atoms with Gasteiger partial charge in [0.25, 0.3) is 0 Å². The van der Waals surface area contributed by atoms with Gasteiger partial charge in [-0.3, -0.25) is 0 Å². The van der Waals surface area contributed by atoms with Crippen LogP contribution in [0.2, 0.25) is 0 Å². The zero-order chi connectivity index (χ0) is 13.0. The summed E-state index contributed by atoms with van der Waals surface area (Å²) in [5.74, 6) is 1.74. The van der Waals surface area contributed by atoms with E-state index in [-0.39, 0.29) is 5.69 Å². The van der Waals surface area contributed by atoms with Gasteiger partial charge in [-0.05, 0) is 18.3 Å². The molecule has 1 N–H and O–H groups in total. The second-order valence-corrected chi connectivity index (χ2v) is 4.83. The van der Waals surface area contributed by atoms with E-state index >= 15 is 0 Å². The molecule has 0 aliphatic heterocycles. The van der Waals surface area contributed by atoms with Gasteiger partial charge in [0.2, 0.25) is 0 Å². The van der Waals surface area contributed by atoms with E-state index in [9.17, 15) is 4.79 Å². The SMILES string of the molecule is COC(=O)c1cnc(NCC2CCCC2C)cn1. The number of rotatable bonds is 4. The summed E-state index contributed by atoms with van der Waals surface area (Å²) in [6.07, 6.45) is 6.93. The number of esters is 1. The van der Waals surface area contributed by atoms with Gasteiger partial charge in [0.15, 0.2) is 5.69 Å². The summed E-state index contributed by atoms with van der Waals surface area (Å²) in [4.78, 5) is 19.4. The minimum absolute atomic E-state index is 0.234. The minimum atomic E-state index is -0.460. The van der Waals surface area contributed by atoms with Crippen LogP contribution in [-0.4, -0.2) is 29.6 Å². The van der Waals surface area contributed by atoms with E-state index in [2.05, 4.69) is 26.9 Å². The first-order valence-electron chi connectivity index (χ1n) is 6.35. The molecule has 1 aromatic rings. The number of nitrogens with zero attached hydrogens (tertiary/aromatic N) is 2. The normalized spacial score (nSPS) is 22.8. The molecule has 1 saturated carbocycles. The molecule has 0 bridgehead atoms. The molecule has 1 heterocycles. The predicted octanol–water partition coefficient (Wildman–Crippen LogP) is 2.11. The van der Waals surface area contributed by atoms with Crippen molar-refractivity contribution in [3.63, 3.8) is 0 Å². The van der Waals surface area contributed by atoms with Crippen LogP contribution in [0.15, 0.2) is 12.4 Å². The van der Waals surface area contributed by atoms with Crippen LogP contribution < -0.4 is 5.32 Å². The number of hydrogen-bond donors (Lipinski definition) is 1. The molecule has 0 amide bonds. The maximum Gasteiger partial charge on any atom is 0.358 e. The second-order valence-electron chi connectivity index (χ2n) is 4.83. The Kier molecular flexibility index (Phi) is 4.12. The van der Waals surface area contributed by atoms with Crippen molar-refractivity contribution in [2.75, 3.05) is 19.0 Å². The molecule has 18 heavy (non-hydrogen) atoms. The lowest BCUT2D eigenvalue weighted by atomic mass is 9.98. The number of carbonyl (C=O) groups excluding carboxylic acids is 1. The first-order chi connectivity index (χ1) is 8.70. The molecule has 2 atom stereocenters. The smallest absolute Gasteiger partial charge is 0.358 e.